The number of carbonyl (C=O) groups is 2. The summed E-state index contributed by atoms with van der Waals surface area (Å²) in [4.78, 5) is 24.1. The number of carboxylic acids is 1. The molecule has 0 saturated heterocycles. The minimum absolute atomic E-state index is 0.341. The highest BCUT2D eigenvalue weighted by Gasteiger charge is 2.19. The van der Waals surface area contributed by atoms with Crippen molar-refractivity contribution in [3.05, 3.63) is 35.9 Å². The van der Waals surface area contributed by atoms with Gasteiger partial charge in [-0.1, -0.05) is 6.08 Å². The van der Waals surface area contributed by atoms with Crippen molar-refractivity contribution in [2.75, 3.05) is 27.8 Å². The number of amides is 1. The smallest absolute Gasteiger partial charge is 0.323 e. The highest BCUT2D eigenvalue weighted by molar-refractivity contribution is 5.96. The molecule has 0 aliphatic heterocycles. The lowest BCUT2D eigenvalue weighted by molar-refractivity contribution is -0.137. The Labute approximate surface area is 123 Å². The van der Waals surface area contributed by atoms with Crippen LogP contribution < -0.4 is 9.47 Å². The molecule has 6 heteroatoms. The maximum absolute atomic E-state index is 12.2. The molecule has 1 amide bonds. The predicted octanol–water partition coefficient (Wildman–Crippen LogP) is 1.59. The number of likely N-dealkylation sites (N-methyl/N-ethyl adjacent to an activating group) is 1. The van der Waals surface area contributed by atoms with E-state index in [2.05, 4.69) is 6.58 Å². The molecule has 0 radical (unpaired) electrons. The van der Waals surface area contributed by atoms with E-state index in [4.69, 9.17) is 14.6 Å². The van der Waals surface area contributed by atoms with Crippen LogP contribution in [0.3, 0.4) is 0 Å². The molecule has 1 aromatic carbocycles. The number of nitrogens with zero attached hydrogens (tertiary/aromatic N) is 1. The number of rotatable bonds is 7. The summed E-state index contributed by atoms with van der Waals surface area (Å²) >= 11 is 0. The van der Waals surface area contributed by atoms with Crippen LogP contribution in [0.1, 0.15) is 15.9 Å². The van der Waals surface area contributed by atoms with Gasteiger partial charge in [-0.15, -0.1) is 6.58 Å². The second-order valence-corrected chi connectivity index (χ2v) is 4.42. The molecule has 0 aliphatic carbocycles. The van der Waals surface area contributed by atoms with E-state index in [9.17, 15) is 9.59 Å². The van der Waals surface area contributed by atoms with Crippen molar-refractivity contribution >= 4 is 11.9 Å². The van der Waals surface area contributed by atoms with Crippen LogP contribution in [0, 0.1) is 0 Å². The number of hydrogen-bond acceptors (Lipinski definition) is 4. The van der Waals surface area contributed by atoms with Crippen LogP contribution in [0.15, 0.2) is 24.8 Å². The van der Waals surface area contributed by atoms with Gasteiger partial charge in [-0.3, -0.25) is 9.59 Å². The van der Waals surface area contributed by atoms with Crippen molar-refractivity contribution in [2.24, 2.45) is 0 Å². The minimum atomic E-state index is -1.07. The molecule has 0 spiro atoms. The zero-order valence-corrected chi connectivity index (χ0v) is 12.4. The molecular formula is C15H19NO5. The molecule has 0 aromatic heterocycles. The van der Waals surface area contributed by atoms with Crippen LogP contribution in [0.5, 0.6) is 11.5 Å². The second-order valence-electron chi connectivity index (χ2n) is 4.42. The molecule has 114 valence electrons. The number of aliphatic carboxylic acids is 1. The Hall–Kier alpha value is -2.50. The molecule has 0 aliphatic rings. The molecule has 0 fully saturated rings. The summed E-state index contributed by atoms with van der Waals surface area (Å²) in [6, 6.07) is 3.19. The molecule has 0 atom stereocenters. The summed E-state index contributed by atoms with van der Waals surface area (Å²) in [7, 11) is 4.42. The maximum Gasteiger partial charge on any atom is 0.323 e. The summed E-state index contributed by atoms with van der Waals surface area (Å²) < 4.78 is 10.5. The quantitative estimate of drug-likeness (QED) is 0.773. The number of benzene rings is 1. The Bertz CT molecular complexity index is 553. The van der Waals surface area contributed by atoms with Gasteiger partial charge in [-0.25, -0.2) is 0 Å². The molecular weight excluding hydrogens is 274 g/mol. The topological polar surface area (TPSA) is 76.1 Å². The van der Waals surface area contributed by atoms with Crippen molar-refractivity contribution < 1.29 is 24.2 Å². The first-order valence-electron chi connectivity index (χ1n) is 6.27. The van der Waals surface area contributed by atoms with E-state index in [-0.39, 0.29) is 6.54 Å². The number of methoxy groups -OCH3 is 2. The SMILES string of the molecule is C=CCc1cc(C(=O)N(C)CC(=O)O)cc(OC)c1OC. The van der Waals surface area contributed by atoms with Gasteiger partial charge < -0.3 is 19.5 Å². The fraction of sp³-hybridized carbons (Fsp3) is 0.333. The predicted molar refractivity (Wildman–Crippen MR) is 78.0 cm³/mol. The van der Waals surface area contributed by atoms with Gasteiger partial charge in [0.25, 0.3) is 5.91 Å². The first kappa shape index (κ1) is 16.6. The molecule has 21 heavy (non-hydrogen) atoms. The van der Waals surface area contributed by atoms with Crippen LogP contribution in [0.25, 0.3) is 0 Å². The lowest BCUT2D eigenvalue weighted by Crippen LogP contribution is -2.32. The van der Waals surface area contributed by atoms with Gasteiger partial charge in [0.15, 0.2) is 11.5 Å². The van der Waals surface area contributed by atoms with Gasteiger partial charge in [-0.2, -0.15) is 0 Å². The van der Waals surface area contributed by atoms with Gasteiger partial charge in [0.1, 0.15) is 6.54 Å². The first-order chi connectivity index (χ1) is 9.94. The molecule has 0 unspecified atom stereocenters. The Kier molecular flexibility index (Phi) is 5.78. The summed E-state index contributed by atoms with van der Waals surface area (Å²) in [5, 5.41) is 8.75. The zero-order chi connectivity index (χ0) is 16.0. The van der Waals surface area contributed by atoms with Crippen LogP contribution in [-0.4, -0.2) is 49.7 Å². The van der Waals surface area contributed by atoms with Crippen LogP contribution in [0.4, 0.5) is 0 Å². The third-order valence-electron chi connectivity index (χ3n) is 2.89. The number of allylic oxidation sites excluding steroid dienone is 1. The van der Waals surface area contributed by atoms with Gasteiger partial charge in [0, 0.05) is 18.2 Å². The second kappa shape index (κ2) is 7.33. The van der Waals surface area contributed by atoms with E-state index in [0.717, 1.165) is 10.5 Å². The molecule has 0 saturated carbocycles. The highest BCUT2D eigenvalue weighted by atomic mass is 16.5. The monoisotopic (exact) mass is 293 g/mol. The highest BCUT2D eigenvalue weighted by Crippen LogP contribution is 2.33. The fourth-order valence-corrected chi connectivity index (χ4v) is 1.97. The largest absolute Gasteiger partial charge is 0.493 e. The van der Waals surface area contributed by atoms with Crippen molar-refractivity contribution in [2.45, 2.75) is 6.42 Å². The Balaban J connectivity index is 3.24. The number of carbonyl (C=O) groups excluding carboxylic acids is 1. The Morgan fingerprint density at radius 3 is 2.48 bits per heavy atom. The fourth-order valence-electron chi connectivity index (χ4n) is 1.97. The van der Waals surface area contributed by atoms with E-state index in [1.807, 2.05) is 0 Å². The molecule has 6 nitrogen and oxygen atoms in total. The van der Waals surface area contributed by atoms with Gasteiger partial charge in [0.05, 0.1) is 14.2 Å². The van der Waals surface area contributed by atoms with E-state index in [1.54, 1.807) is 12.1 Å². The molecule has 1 aromatic rings. The molecule has 1 N–H and O–H groups in total. The zero-order valence-electron chi connectivity index (χ0n) is 12.4. The van der Waals surface area contributed by atoms with Crippen molar-refractivity contribution in [3.8, 4) is 11.5 Å². The van der Waals surface area contributed by atoms with Crippen LogP contribution in [-0.2, 0) is 11.2 Å². The number of ether oxygens (including phenoxy) is 2. The number of hydrogen-bond donors (Lipinski definition) is 1. The third-order valence-corrected chi connectivity index (χ3v) is 2.89. The average Bonchev–Trinajstić information content (AvgIpc) is 2.45. The summed E-state index contributed by atoms with van der Waals surface area (Å²) in [6.45, 7) is 3.30. The van der Waals surface area contributed by atoms with Crippen molar-refractivity contribution in [1.82, 2.24) is 4.90 Å². The summed E-state index contributed by atoms with van der Waals surface area (Å²) in [5.74, 6) is -0.514. The third kappa shape index (κ3) is 3.98. The number of carboxylic acid groups (broad SMARTS) is 1. The lowest BCUT2D eigenvalue weighted by Gasteiger charge is -2.18. The maximum atomic E-state index is 12.2. The van der Waals surface area contributed by atoms with Crippen molar-refractivity contribution in [1.29, 1.82) is 0 Å². The van der Waals surface area contributed by atoms with E-state index < -0.39 is 11.9 Å². The Morgan fingerprint density at radius 1 is 1.33 bits per heavy atom. The first-order valence-corrected chi connectivity index (χ1v) is 6.27. The van der Waals surface area contributed by atoms with E-state index in [0.29, 0.717) is 23.5 Å². The van der Waals surface area contributed by atoms with E-state index >= 15 is 0 Å². The standard InChI is InChI=1S/C15H19NO5/c1-5-6-10-7-11(8-12(20-3)14(10)21-4)15(19)16(2)9-13(17)18/h5,7-8H,1,6,9H2,2-4H3,(H,17,18). The van der Waals surface area contributed by atoms with Crippen molar-refractivity contribution in [3.63, 3.8) is 0 Å². The van der Waals surface area contributed by atoms with Gasteiger partial charge >= 0.3 is 5.97 Å². The summed E-state index contributed by atoms with van der Waals surface area (Å²) in [5.41, 5.74) is 1.09. The minimum Gasteiger partial charge on any atom is -0.493 e. The van der Waals surface area contributed by atoms with E-state index in [1.165, 1.54) is 27.3 Å². The Morgan fingerprint density at radius 2 is 2.00 bits per heavy atom. The lowest BCUT2D eigenvalue weighted by atomic mass is 10.0. The van der Waals surface area contributed by atoms with Gasteiger partial charge in [-0.05, 0) is 18.6 Å². The van der Waals surface area contributed by atoms with Crippen LogP contribution in [0.2, 0.25) is 0 Å². The van der Waals surface area contributed by atoms with Crippen LogP contribution >= 0.6 is 0 Å². The molecule has 1 rings (SSSR count). The van der Waals surface area contributed by atoms with Gasteiger partial charge in [0.2, 0.25) is 0 Å². The average molecular weight is 293 g/mol. The molecule has 0 bridgehead atoms. The summed E-state index contributed by atoms with van der Waals surface area (Å²) in [6.07, 6.45) is 2.19. The molecule has 0 heterocycles. The normalized spacial score (nSPS) is 9.86.